The molecule has 0 bridgehead atoms. The van der Waals surface area contributed by atoms with Crippen LogP contribution in [-0.4, -0.2) is 42.5 Å². The minimum Gasteiger partial charge on any atom is -0.496 e. The lowest BCUT2D eigenvalue weighted by molar-refractivity contribution is 0.102. The Balaban J connectivity index is 0.000000196. The van der Waals surface area contributed by atoms with Gasteiger partial charge in [0.1, 0.15) is 24.1 Å². The Morgan fingerprint density at radius 1 is 1.24 bits per heavy atom. The third-order valence-electron chi connectivity index (χ3n) is 5.76. The number of rotatable bonds is 4. The lowest BCUT2D eigenvalue weighted by Crippen LogP contribution is -2.23. The first-order chi connectivity index (χ1) is 16.1. The van der Waals surface area contributed by atoms with Gasteiger partial charge < -0.3 is 14.6 Å². The molecule has 10 nitrogen and oxygen atoms in total. The number of pyridine rings is 1. The zero-order valence-corrected chi connectivity index (χ0v) is 18.7. The third-order valence-corrected chi connectivity index (χ3v) is 5.76. The van der Waals surface area contributed by atoms with Crippen molar-refractivity contribution < 1.29 is 9.53 Å². The van der Waals surface area contributed by atoms with Gasteiger partial charge in [-0.15, -0.1) is 0 Å². The van der Waals surface area contributed by atoms with Gasteiger partial charge in [-0.1, -0.05) is 19.3 Å². The molecule has 10 heteroatoms. The highest BCUT2D eigenvalue weighted by Crippen LogP contribution is 2.27. The van der Waals surface area contributed by atoms with Crippen LogP contribution in [0.15, 0.2) is 54.1 Å². The molecule has 2 N–H and O–H groups in total. The minimum atomic E-state index is -0.414. The summed E-state index contributed by atoms with van der Waals surface area (Å²) in [5.74, 6) is -0.00902. The van der Waals surface area contributed by atoms with Crippen LogP contribution in [0.25, 0.3) is 10.9 Å². The first-order valence-corrected chi connectivity index (χ1v) is 10.9. The van der Waals surface area contributed by atoms with Crippen molar-refractivity contribution in [2.24, 2.45) is 7.05 Å². The molecule has 1 fully saturated rings. The van der Waals surface area contributed by atoms with Crippen molar-refractivity contribution in [2.75, 3.05) is 12.4 Å². The van der Waals surface area contributed by atoms with Crippen LogP contribution in [0.4, 0.5) is 5.69 Å². The predicted octanol–water partition coefficient (Wildman–Crippen LogP) is 3.31. The second-order valence-electron chi connectivity index (χ2n) is 7.97. The molecule has 0 spiro atoms. The normalized spacial score (nSPS) is 13.9. The Bertz CT molecular complexity index is 1270. The van der Waals surface area contributed by atoms with Crippen LogP contribution in [0.5, 0.6) is 5.75 Å². The number of ether oxygens (including phenoxy) is 1. The molecule has 5 rings (SSSR count). The fourth-order valence-corrected chi connectivity index (χ4v) is 3.95. The summed E-state index contributed by atoms with van der Waals surface area (Å²) in [5, 5.41) is 14.3. The van der Waals surface area contributed by atoms with E-state index >= 15 is 0 Å². The van der Waals surface area contributed by atoms with Crippen LogP contribution >= 0.6 is 0 Å². The van der Waals surface area contributed by atoms with Gasteiger partial charge in [0, 0.05) is 24.7 Å². The van der Waals surface area contributed by atoms with E-state index in [1.807, 2.05) is 11.0 Å². The van der Waals surface area contributed by atoms with Crippen molar-refractivity contribution in [1.29, 1.82) is 0 Å². The third kappa shape index (κ3) is 5.11. The maximum absolute atomic E-state index is 12.5. The molecular weight excluding hydrogens is 422 g/mol. The molecule has 0 unspecified atom stereocenters. The number of hydrogen-bond acceptors (Lipinski definition) is 6. The second-order valence-corrected chi connectivity index (χ2v) is 7.97. The molecule has 1 aromatic carbocycles. The lowest BCUT2D eigenvalue weighted by atomic mass is 9.96. The van der Waals surface area contributed by atoms with Gasteiger partial charge >= 0.3 is 0 Å². The maximum atomic E-state index is 12.5. The second kappa shape index (κ2) is 10.1. The fourth-order valence-electron chi connectivity index (χ4n) is 3.95. The molecule has 0 radical (unpaired) electrons. The number of aromatic amines is 1. The van der Waals surface area contributed by atoms with Gasteiger partial charge in [-0.05, 0) is 31.0 Å². The smallest absolute Gasteiger partial charge is 0.274 e. The number of carbonyl (C=O) groups is 1. The van der Waals surface area contributed by atoms with Crippen molar-refractivity contribution in [1.82, 2.24) is 29.5 Å². The molecule has 172 valence electrons. The van der Waals surface area contributed by atoms with Crippen LogP contribution in [-0.2, 0) is 7.05 Å². The van der Waals surface area contributed by atoms with Gasteiger partial charge in [0.2, 0.25) is 0 Å². The number of fused-ring (bicyclic) bond motifs is 1. The highest BCUT2D eigenvalue weighted by molar-refractivity contribution is 6.08. The molecule has 1 saturated carbocycles. The van der Waals surface area contributed by atoms with E-state index < -0.39 is 5.91 Å². The first-order valence-electron chi connectivity index (χ1n) is 10.9. The van der Waals surface area contributed by atoms with E-state index in [0.29, 0.717) is 17.4 Å². The highest BCUT2D eigenvalue weighted by Gasteiger charge is 2.16. The summed E-state index contributed by atoms with van der Waals surface area (Å²) < 4.78 is 8.64. The number of hydrogen-bond donors (Lipinski definition) is 2. The Kier molecular flexibility index (Phi) is 6.82. The molecule has 1 aliphatic carbocycles. The van der Waals surface area contributed by atoms with Crippen LogP contribution in [0, 0.1) is 0 Å². The van der Waals surface area contributed by atoms with Gasteiger partial charge in [0.25, 0.3) is 11.5 Å². The van der Waals surface area contributed by atoms with Crippen LogP contribution in [0.3, 0.4) is 0 Å². The van der Waals surface area contributed by atoms with E-state index in [9.17, 15) is 9.59 Å². The molecule has 0 aliphatic heterocycles. The quantitative estimate of drug-likeness (QED) is 0.493. The molecule has 1 amide bonds. The summed E-state index contributed by atoms with van der Waals surface area (Å²) >= 11 is 0. The van der Waals surface area contributed by atoms with E-state index in [4.69, 9.17) is 4.74 Å². The van der Waals surface area contributed by atoms with E-state index in [1.54, 1.807) is 50.0 Å². The summed E-state index contributed by atoms with van der Waals surface area (Å²) in [5.41, 5.74) is 1.04. The monoisotopic (exact) mass is 449 g/mol. The summed E-state index contributed by atoms with van der Waals surface area (Å²) in [6.07, 6.45) is 13.3. The van der Waals surface area contributed by atoms with Crippen LogP contribution in [0.1, 0.15) is 48.5 Å². The zero-order chi connectivity index (χ0) is 23.2. The Labute approximate surface area is 190 Å². The average molecular weight is 450 g/mol. The molecule has 1 aliphatic rings. The van der Waals surface area contributed by atoms with Gasteiger partial charge in [-0.3, -0.25) is 14.7 Å². The van der Waals surface area contributed by atoms with Gasteiger partial charge in [-0.25, -0.2) is 9.67 Å². The number of H-pyrrole nitrogens is 1. The van der Waals surface area contributed by atoms with Gasteiger partial charge in [-0.2, -0.15) is 10.2 Å². The average Bonchev–Trinajstić information content (AvgIpc) is 3.54. The van der Waals surface area contributed by atoms with Crippen molar-refractivity contribution in [2.45, 2.75) is 38.1 Å². The zero-order valence-electron chi connectivity index (χ0n) is 18.7. The number of nitrogens with one attached hydrogen (secondary N) is 2. The number of methoxy groups -OCH3 is 1. The minimum absolute atomic E-state index is 0.212. The molecule has 0 atom stereocenters. The summed E-state index contributed by atoms with van der Waals surface area (Å²) in [6, 6.07) is 7.24. The van der Waals surface area contributed by atoms with E-state index in [-0.39, 0.29) is 11.2 Å². The topological polar surface area (TPSA) is 120 Å². The van der Waals surface area contributed by atoms with Crippen LogP contribution in [0.2, 0.25) is 0 Å². The first kappa shape index (κ1) is 22.3. The molecule has 3 heterocycles. The Morgan fingerprint density at radius 3 is 2.79 bits per heavy atom. The predicted molar refractivity (Wildman–Crippen MR) is 124 cm³/mol. The molecule has 0 saturated heterocycles. The maximum Gasteiger partial charge on any atom is 0.274 e. The van der Waals surface area contributed by atoms with Crippen molar-refractivity contribution in [3.8, 4) is 5.75 Å². The van der Waals surface area contributed by atoms with Crippen LogP contribution < -0.4 is 15.6 Å². The highest BCUT2D eigenvalue weighted by atomic mass is 16.5. The van der Waals surface area contributed by atoms with Crippen molar-refractivity contribution >= 4 is 22.5 Å². The Hall–Kier alpha value is -3.95. The van der Waals surface area contributed by atoms with E-state index in [2.05, 4.69) is 25.6 Å². The van der Waals surface area contributed by atoms with Crippen molar-refractivity contribution in [3.05, 3.63) is 65.2 Å². The number of nitrogens with zero attached hydrogens (tertiary/aromatic N) is 5. The largest absolute Gasteiger partial charge is 0.496 e. The molecule has 33 heavy (non-hydrogen) atoms. The van der Waals surface area contributed by atoms with E-state index in [1.165, 1.54) is 43.8 Å². The number of aromatic nitrogens is 6. The summed E-state index contributed by atoms with van der Waals surface area (Å²) in [6.45, 7) is 0. The number of benzene rings is 1. The van der Waals surface area contributed by atoms with Gasteiger partial charge in [0.15, 0.2) is 0 Å². The molecular formula is C23H27N7O3. The standard InChI is InChI=1S/C15H14N4O3.C8H13N3/c1-19-5-3-4-11(15(19)21)17-14(20)10-6-9-8-16-18-12(9)7-13(10)22-2;1-2-4-8(5-3-1)11-7-9-6-10-11/h3-8H,1-2H3,(H,16,18)(H,17,20);6-8H,1-5H2. The van der Waals surface area contributed by atoms with Gasteiger partial charge in [0.05, 0.1) is 30.4 Å². The summed E-state index contributed by atoms with van der Waals surface area (Å²) in [7, 11) is 3.10. The SMILES string of the molecule is COc1cc2[nH]ncc2cc1C(=O)Nc1cccn(C)c1=O.c1ncn(C2CCCCC2)n1. The number of carbonyl (C=O) groups excluding carboxylic acids is 1. The fraction of sp³-hybridized carbons (Fsp3) is 0.348. The lowest BCUT2D eigenvalue weighted by Gasteiger charge is -2.20. The molecule has 3 aromatic heterocycles. The number of anilines is 1. The Morgan fingerprint density at radius 2 is 2.06 bits per heavy atom. The van der Waals surface area contributed by atoms with Crippen molar-refractivity contribution in [3.63, 3.8) is 0 Å². The van der Waals surface area contributed by atoms with E-state index in [0.717, 1.165) is 10.9 Å². The summed E-state index contributed by atoms with van der Waals surface area (Å²) in [4.78, 5) is 28.4. The molecule has 4 aromatic rings. The number of aryl methyl sites for hydroxylation is 1. The number of amides is 1.